The smallest absolute Gasteiger partial charge is 0.323 e. The van der Waals surface area contributed by atoms with Crippen molar-refractivity contribution in [2.24, 2.45) is 5.92 Å². The summed E-state index contributed by atoms with van der Waals surface area (Å²) >= 11 is 0. The Morgan fingerprint density at radius 2 is 2.00 bits per heavy atom. The number of nitrogens with zero attached hydrogens (tertiary/aromatic N) is 1. The summed E-state index contributed by atoms with van der Waals surface area (Å²) in [7, 11) is 0. The second-order valence-corrected chi connectivity index (χ2v) is 4.79. The molecule has 2 unspecified atom stereocenters. The van der Waals surface area contributed by atoms with Crippen LogP contribution in [-0.2, 0) is 9.53 Å². The number of hydrogen-bond acceptors (Lipinski definition) is 4. The van der Waals surface area contributed by atoms with Crippen LogP contribution in [0.3, 0.4) is 0 Å². The first kappa shape index (κ1) is 14.5. The average Bonchev–Trinajstić information content (AvgIpc) is 2.31. The molecular formula is C13H25NO3. The van der Waals surface area contributed by atoms with Crippen molar-refractivity contribution in [2.45, 2.75) is 52.2 Å². The van der Waals surface area contributed by atoms with Gasteiger partial charge in [0.2, 0.25) is 0 Å². The number of carbonyl (C=O) groups excluding carboxylic acids is 1. The van der Waals surface area contributed by atoms with Crippen molar-refractivity contribution in [2.75, 3.05) is 19.7 Å². The van der Waals surface area contributed by atoms with E-state index in [-0.39, 0.29) is 18.1 Å². The molecule has 1 fully saturated rings. The molecular weight excluding hydrogens is 218 g/mol. The molecule has 4 nitrogen and oxygen atoms in total. The van der Waals surface area contributed by atoms with E-state index in [0.717, 1.165) is 32.4 Å². The van der Waals surface area contributed by atoms with Crippen molar-refractivity contribution in [3.63, 3.8) is 0 Å². The minimum atomic E-state index is -0.236. The molecule has 1 N–H and O–H groups in total. The van der Waals surface area contributed by atoms with Crippen LogP contribution in [0.15, 0.2) is 0 Å². The van der Waals surface area contributed by atoms with Gasteiger partial charge in [-0.2, -0.15) is 0 Å². The van der Waals surface area contributed by atoms with Crippen LogP contribution in [-0.4, -0.2) is 47.8 Å². The van der Waals surface area contributed by atoms with Crippen LogP contribution in [0.2, 0.25) is 0 Å². The van der Waals surface area contributed by atoms with E-state index in [9.17, 15) is 9.90 Å². The van der Waals surface area contributed by atoms with E-state index in [0.29, 0.717) is 12.5 Å². The van der Waals surface area contributed by atoms with E-state index in [1.807, 2.05) is 20.8 Å². The Hall–Kier alpha value is -0.610. The van der Waals surface area contributed by atoms with Crippen LogP contribution in [0.1, 0.15) is 40.0 Å². The zero-order chi connectivity index (χ0) is 12.8. The monoisotopic (exact) mass is 243 g/mol. The summed E-state index contributed by atoms with van der Waals surface area (Å²) in [6.45, 7) is 7.91. The highest BCUT2D eigenvalue weighted by Gasteiger charge is 2.30. The van der Waals surface area contributed by atoms with Gasteiger partial charge in [0.15, 0.2) is 0 Å². The zero-order valence-electron chi connectivity index (χ0n) is 11.2. The normalized spacial score (nSPS) is 22.1. The lowest BCUT2D eigenvalue weighted by Gasteiger charge is -2.36. The first-order chi connectivity index (χ1) is 8.10. The summed E-state index contributed by atoms with van der Waals surface area (Å²) in [5.41, 5.74) is 0. The summed E-state index contributed by atoms with van der Waals surface area (Å²) in [6, 6.07) is -0.107. The predicted octanol–water partition coefficient (Wildman–Crippen LogP) is 1.42. The molecule has 1 aliphatic rings. The van der Waals surface area contributed by atoms with Crippen molar-refractivity contribution in [3.05, 3.63) is 0 Å². The molecule has 0 aromatic heterocycles. The van der Waals surface area contributed by atoms with Gasteiger partial charge in [-0.25, -0.2) is 0 Å². The molecule has 1 heterocycles. The lowest BCUT2D eigenvalue weighted by molar-refractivity contribution is -0.150. The Bertz CT molecular complexity index is 235. The van der Waals surface area contributed by atoms with Gasteiger partial charge in [-0.15, -0.1) is 0 Å². The second-order valence-electron chi connectivity index (χ2n) is 4.79. The first-order valence-electron chi connectivity index (χ1n) is 6.68. The van der Waals surface area contributed by atoms with Crippen LogP contribution < -0.4 is 0 Å². The van der Waals surface area contributed by atoms with Gasteiger partial charge in [-0.3, -0.25) is 9.69 Å². The molecule has 0 bridgehead atoms. The molecule has 0 saturated carbocycles. The predicted molar refractivity (Wildman–Crippen MR) is 66.7 cm³/mol. The Kier molecular flexibility index (Phi) is 5.92. The number of aliphatic hydroxyl groups is 1. The summed E-state index contributed by atoms with van der Waals surface area (Å²) in [6.07, 6.45) is 2.49. The van der Waals surface area contributed by atoms with Crippen LogP contribution >= 0.6 is 0 Å². The van der Waals surface area contributed by atoms with Crippen molar-refractivity contribution in [3.8, 4) is 0 Å². The van der Waals surface area contributed by atoms with Gasteiger partial charge in [0.05, 0.1) is 12.7 Å². The summed E-state index contributed by atoms with van der Waals surface area (Å²) < 4.78 is 5.09. The fourth-order valence-corrected chi connectivity index (χ4v) is 2.53. The third-order valence-electron chi connectivity index (χ3n) is 3.64. The van der Waals surface area contributed by atoms with Gasteiger partial charge >= 0.3 is 5.97 Å². The number of carbonyl (C=O) groups is 1. The number of rotatable bonds is 5. The van der Waals surface area contributed by atoms with Gasteiger partial charge in [0, 0.05) is 0 Å². The zero-order valence-corrected chi connectivity index (χ0v) is 11.2. The van der Waals surface area contributed by atoms with Crippen molar-refractivity contribution < 1.29 is 14.6 Å². The molecule has 0 aliphatic carbocycles. The number of hydrogen-bond donors (Lipinski definition) is 1. The van der Waals surface area contributed by atoms with Crippen molar-refractivity contribution in [1.82, 2.24) is 4.90 Å². The average molecular weight is 243 g/mol. The summed E-state index contributed by atoms with van der Waals surface area (Å²) in [4.78, 5) is 14.0. The molecule has 4 heteroatoms. The van der Waals surface area contributed by atoms with Crippen LogP contribution in [0.5, 0.6) is 0 Å². The highest BCUT2D eigenvalue weighted by Crippen LogP contribution is 2.23. The van der Waals surface area contributed by atoms with Gasteiger partial charge in [-0.1, -0.05) is 6.92 Å². The fraction of sp³-hybridized carbons (Fsp3) is 0.923. The van der Waals surface area contributed by atoms with E-state index in [1.165, 1.54) is 0 Å². The van der Waals surface area contributed by atoms with Gasteiger partial charge < -0.3 is 9.84 Å². The van der Waals surface area contributed by atoms with Crippen LogP contribution in [0.25, 0.3) is 0 Å². The molecule has 2 atom stereocenters. The van der Waals surface area contributed by atoms with E-state index in [1.54, 1.807) is 0 Å². The Morgan fingerprint density at radius 1 is 1.41 bits per heavy atom. The van der Waals surface area contributed by atoms with E-state index < -0.39 is 0 Å². The lowest BCUT2D eigenvalue weighted by Crippen LogP contribution is -2.47. The quantitative estimate of drug-likeness (QED) is 0.742. The second kappa shape index (κ2) is 6.97. The number of aliphatic hydroxyl groups excluding tert-OH is 1. The maximum Gasteiger partial charge on any atom is 0.323 e. The third-order valence-corrected chi connectivity index (χ3v) is 3.64. The fourth-order valence-electron chi connectivity index (χ4n) is 2.53. The topological polar surface area (TPSA) is 49.8 Å². The number of esters is 1. The molecule has 1 saturated heterocycles. The Morgan fingerprint density at radius 3 is 2.41 bits per heavy atom. The molecule has 100 valence electrons. The Labute approximate surface area is 104 Å². The van der Waals surface area contributed by atoms with E-state index in [2.05, 4.69) is 4.90 Å². The van der Waals surface area contributed by atoms with Crippen LogP contribution in [0, 0.1) is 5.92 Å². The van der Waals surface area contributed by atoms with E-state index in [4.69, 9.17) is 4.74 Å². The lowest BCUT2D eigenvalue weighted by atomic mass is 9.91. The van der Waals surface area contributed by atoms with Gasteiger partial charge in [0.1, 0.15) is 6.04 Å². The largest absolute Gasteiger partial charge is 0.465 e. The Balaban J connectivity index is 2.47. The van der Waals surface area contributed by atoms with Gasteiger partial charge in [0.25, 0.3) is 0 Å². The highest BCUT2D eigenvalue weighted by molar-refractivity contribution is 5.75. The van der Waals surface area contributed by atoms with Crippen molar-refractivity contribution >= 4 is 5.97 Å². The maximum absolute atomic E-state index is 11.8. The molecule has 0 radical (unpaired) electrons. The van der Waals surface area contributed by atoms with E-state index >= 15 is 0 Å². The number of ether oxygens (including phenoxy) is 1. The minimum absolute atomic E-state index is 0.106. The third kappa shape index (κ3) is 3.96. The first-order valence-corrected chi connectivity index (χ1v) is 6.68. The summed E-state index contributed by atoms with van der Waals surface area (Å²) in [5, 5.41) is 9.54. The van der Waals surface area contributed by atoms with Crippen molar-refractivity contribution in [1.29, 1.82) is 0 Å². The summed E-state index contributed by atoms with van der Waals surface area (Å²) in [5.74, 6) is 0.274. The molecule has 0 spiro atoms. The molecule has 0 aromatic carbocycles. The number of likely N-dealkylation sites (tertiary alicyclic amines) is 1. The number of piperidine rings is 1. The standard InChI is InChI=1S/C13H25NO3/c1-4-12(13(16)17-5-2)14-8-6-11(7-9-14)10(3)15/h10-12,15H,4-9H2,1-3H3. The maximum atomic E-state index is 11.8. The van der Waals surface area contributed by atoms with Gasteiger partial charge in [-0.05, 0) is 52.1 Å². The molecule has 0 aromatic rings. The molecule has 0 amide bonds. The van der Waals surface area contributed by atoms with Crippen LogP contribution in [0.4, 0.5) is 0 Å². The molecule has 1 aliphatic heterocycles. The minimum Gasteiger partial charge on any atom is -0.465 e. The SMILES string of the molecule is CCOC(=O)C(CC)N1CCC(C(C)O)CC1. The molecule has 17 heavy (non-hydrogen) atoms. The molecule has 1 rings (SSSR count). The highest BCUT2D eigenvalue weighted by atomic mass is 16.5.